The third kappa shape index (κ3) is 1.54. The summed E-state index contributed by atoms with van der Waals surface area (Å²) in [6, 6.07) is 8.15. The van der Waals surface area contributed by atoms with Crippen LogP contribution in [0.3, 0.4) is 0 Å². The predicted octanol–water partition coefficient (Wildman–Crippen LogP) is 1.53. The summed E-state index contributed by atoms with van der Waals surface area (Å²) in [4.78, 5) is 2.25. The Morgan fingerprint density at radius 2 is 2.12 bits per heavy atom. The van der Waals surface area contributed by atoms with Gasteiger partial charge >= 0.3 is 0 Å². The minimum Gasteiger partial charge on any atom is -0.355 e. The van der Waals surface area contributed by atoms with Gasteiger partial charge in [-0.3, -0.25) is 0 Å². The van der Waals surface area contributed by atoms with Crippen LogP contribution in [-0.4, -0.2) is 28.7 Å². The van der Waals surface area contributed by atoms with E-state index in [-0.39, 0.29) is 6.04 Å². The van der Waals surface area contributed by atoms with Gasteiger partial charge in [0, 0.05) is 19.1 Å². The minimum absolute atomic E-state index is 0.268. The summed E-state index contributed by atoms with van der Waals surface area (Å²) in [6.45, 7) is 1.88. The molecule has 0 radical (unpaired) electrons. The molecule has 1 aliphatic rings. The molecule has 1 aliphatic heterocycles. The van der Waals surface area contributed by atoms with Crippen LogP contribution in [0.2, 0.25) is 5.15 Å². The zero-order chi connectivity index (χ0) is 11.1. The van der Waals surface area contributed by atoms with Gasteiger partial charge in [-0.1, -0.05) is 11.6 Å². The van der Waals surface area contributed by atoms with Crippen LogP contribution in [0.4, 0.5) is 5.82 Å². The van der Waals surface area contributed by atoms with E-state index in [1.165, 1.54) is 0 Å². The summed E-state index contributed by atoms with van der Waals surface area (Å²) in [5.74, 6) is 1.07. The van der Waals surface area contributed by atoms with E-state index in [0.29, 0.717) is 5.15 Å². The maximum Gasteiger partial charge on any atom is 0.150 e. The van der Waals surface area contributed by atoms with Gasteiger partial charge in [0.2, 0.25) is 0 Å². The maximum absolute atomic E-state index is 5.91. The monoisotopic (exact) mass is 236 g/mol. The fourth-order valence-electron chi connectivity index (χ4n) is 2.19. The highest BCUT2D eigenvalue weighted by molar-refractivity contribution is 6.29. The zero-order valence-electron chi connectivity index (χ0n) is 8.81. The van der Waals surface area contributed by atoms with Crippen LogP contribution in [0.5, 0.6) is 0 Å². The fourth-order valence-corrected chi connectivity index (χ4v) is 2.32. The number of fused-ring (bicyclic) bond motifs is 1. The number of anilines is 1. The van der Waals surface area contributed by atoms with Gasteiger partial charge in [0.25, 0.3) is 0 Å². The Morgan fingerprint density at radius 1 is 1.31 bits per heavy atom. The van der Waals surface area contributed by atoms with E-state index in [9.17, 15) is 0 Å². The Bertz CT molecular complexity index is 522. The van der Waals surface area contributed by atoms with Gasteiger partial charge in [-0.2, -0.15) is 5.10 Å². The second-order valence-electron chi connectivity index (χ2n) is 4.18. The lowest BCUT2D eigenvalue weighted by atomic mass is 10.3. The molecule has 5 heteroatoms. The van der Waals surface area contributed by atoms with Crippen LogP contribution in [0.25, 0.3) is 5.52 Å². The first kappa shape index (κ1) is 9.93. The molecule has 2 N–H and O–H groups in total. The second-order valence-corrected chi connectivity index (χ2v) is 4.57. The van der Waals surface area contributed by atoms with Crippen LogP contribution in [0.1, 0.15) is 6.42 Å². The van der Waals surface area contributed by atoms with Gasteiger partial charge in [0.1, 0.15) is 11.0 Å². The molecule has 3 heterocycles. The summed E-state index contributed by atoms with van der Waals surface area (Å²) in [6.07, 6.45) is 1.04. The lowest BCUT2D eigenvalue weighted by Gasteiger charge is -2.16. The Morgan fingerprint density at radius 3 is 2.88 bits per heavy atom. The van der Waals surface area contributed by atoms with E-state index >= 15 is 0 Å². The van der Waals surface area contributed by atoms with Crippen LogP contribution >= 0.6 is 11.6 Å². The molecule has 3 rings (SSSR count). The summed E-state index contributed by atoms with van der Waals surface area (Å²) < 4.78 is 1.88. The van der Waals surface area contributed by atoms with Crippen molar-refractivity contribution in [3.05, 3.63) is 29.4 Å². The van der Waals surface area contributed by atoms with E-state index in [4.69, 9.17) is 17.3 Å². The molecule has 2 aromatic heterocycles. The number of hydrogen-bond donors (Lipinski definition) is 1. The average molecular weight is 237 g/mol. The molecule has 16 heavy (non-hydrogen) atoms. The van der Waals surface area contributed by atoms with Gasteiger partial charge in [-0.25, -0.2) is 4.52 Å². The maximum atomic E-state index is 5.91. The number of nitrogens with two attached hydrogens (primary N) is 1. The normalized spacial score (nSPS) is 20.9. The van der Waals surface area contributed by atoms with E-state index < -0.39 is 0 Å². The molecule has 0 spiro atoms. The SMILES string of the molecule is NC1CCN(c2ccc3ccc(Cl)nn23)C1. The first-order chi connectivity index (χ1) is 7.74. The Kier molecular flexibility index (Phi) is 2.26. The Balaban J connectivity index is 2.06. The van der Waals surface area contributed by atoms with E-state index in [2.05, 4.69) is 16.1 Å². The van der Waals surface area contributed by atoms with E-state index in [1.807, 2.05) is 16.6 Å². The van der Waals surface area contributed by atoms with Crippen molar-refractivity contribution >= 4 is 22.9 Å². The van der Waals surface area contributed by atoms with Crippen LogP contribution in [0.15, 0.2) is 24.3 Å². The molecule has 1 saturated heterocycles. The van der Waals surface area contributed by atoms with Crippen molar-refractivity contribution in [2.45, 2.75) is 12.5 Å². The molecule has 4 nitrogen and oxygen atoms in total. The third-order valence-corrected chi connectivity index (χ3v) is 3.20. The lowest BCUT2D eigenvalue weighted by molar-refractivity contribution is 0.750. The molecular formula is C11H13ClN4. The lowest BCUT2D eigenvalue weighted by Crippen LogP contribution is -2.27. The zero-order valence-corrected chi connectivity index (χ0v) is 9.56. The van der Waals surface area contributed by atoms with Gasteiger partial charge in [0.05, 0.1) is 5.52 Å². The van der Waals surface area contributed by atoms with Crippen LogP contribution in [0, 0.1) is 0 Å². The van der Waals surface area contributed by atoms with Gasteiger partial charge in [0.15, 0.2) is 0 Å². The van der Waals surface area contributed by atoms with Crippen molar-refractivity contribution in [3.8, 4) is 0 Å². The molecule has 0 bridgehead atoms. The number of hydrogen-bond acceptors (Lipinski definition) is 3. The standard InChI is InChI=1S/C11H13ClN4/c12-10-3-1-9-2-4-11(16(9)14-10)15-6-5-8(13)7-15/h1-4,8H,5-7,13H2. The van der Waals surface area contributed by atoms with Crippen molar-refractivity contribution in [1.29, 1.82) is 0 Å². The topological polar surface area (TPSA) is 46.6 Å². The molecule has 2 aromatic rings. The molecule has 0 aromatic carbocycles. The van der Waals surface area contributed by atoms with Crippen molar-refractivity contribution in [2.75, 3.05) is 18.0 Å². The Hall–Kier alpha value is -1.26. The van der Waals surface area contributed by atoms with E-state index in [1.54, 1.807) is 6.07 Å². The van der Waals surface area contributed by atoms with Gasteiger partial charge in [-0.05, 0) is 30.7 Å². The molecule has 0 saturated carbocycles. The largest absolute Gasteiger partial charge is 0.355 e. The van der Waals surface area contributed by atoms with Crippen molar-refractivity contribution in [3.63, 3.8) is 0 Å². The predicted molar refractivity (Wildman–Crippen MR) is 65.0 cm³/mol. The smallest absolute Gasteiger partial charge is 0.150 e. The molecule has 84 valence electrons. The fraction of sp³-hybridized carbons (Fsp3) is 0.364. The van der Waals surface area contributed by atoms with Crippen molar-refractivity contribution in [2.24, 2.45) is 5.73 Å². The first-order valence-corrected chi connectivity index (χ1v) is 5.77. The second kappa shape index (κ2) is 3.64. The molecular weight excluding hydrogens is 224 g/mol. The summed E-state index contributed by atoms with van der Waals surface area (Å²) in [7, 11) is 0. The number of halogens is 1. The molecule has 0 aliphatic carbocycles. The van der Waals surface area contributed by atoms with Crippen molar-refractivity contribution in [1.82, 2.24) is 9.61 Å². The van der Waals surface area contributed by atoms with Crippen molar-refractivity contribution < 1.29 is 0 Å². The quantitative estimate of drug-likeness (QED) is 0.817. The van der Waals surface area contributed by atoms with Gasteiger partial charge in [-0.15, -0.1) is 0 Å². The Labute approximate surface area is 98.6 Å². The average Bonchev–Trinajstić information content (AvgIpc) is 2.83. The van der Waals surface area contributed by atoms with Crippen LogP contribution < -0.4 is 10.6 Å². The summed E-state index contributed by atoms with van der Waals surface area (Å²) >= 11 is 5.91. The molecule has 1 atom stereocenters. The van der Waals surface area contributed by atoms with Gasteiger partial charge < -0.3 is 10.6 Å². The highest BCUT2D eigenvalue weighted by atomic mass is 35.5. The summed E-state index contributed by atoms with van der Waals surface area (Å²) in [5, 5.41) is 4.81. The molecule has 1 fully saturated rings. The van der Waals surface area contributed by atoms with E-state index in [0.717, 1.165) is 30.8 Å². The minimum atomic E-state index is 0.268. The van der Waals surface area contributed by atoms with Crippen LogP contribution in [-0.2, 0) is 0 Å². The first-order valence-electron chi connectivity index (χ1n) is 5.39. The summed E-state index contributed by atoms with van der Waals surface area (Å²) in [5.41, 5.74) is 6.96. The third-order valence-electron chi connectivity index (χ3n) is 3.00. The molecule has 0 amide bonds. The highest BCUT2D eigenvalue weighted by Crippen LogP contribution is 2.22. The number of aromatic nitrogens is 2. The molecule has 1 unspecified atom stereocenters. The number of rotatable bonds is 1. The highest BCUT2D eigenvalue weighted by Gasteiger charge is 2.21. The number of nitrogens with zero attached hydrogens (tertiary/aromatic N) is 3.